The molecule has 2 aromatic heterocycles. The molecule has 0 aliphatic carbocycles. The maximum Gasteiger partial charge on any atom is 0.496 e. The van der Waals surface area contributed by atoms with Crippen LogP contribution in [0.4, 0.5) is 0 Å². The van der Waals surface area contributed by atoms with Crippen LogP contribution in [0.1, 0.15) is 40.2 Å². The number of aromatic nitrogens is 1. The van der Waals surface area contributed by atoms with Crippen LogP contribution in [0.25, 0.3) is 5.52 Å². The van der Waals surface area contributed by atoms with Crippen LogP contribution in [-0.4, -0.2) is 35.2 Å². The van der Waals surface area contributed by atoms with E-state index in [2.05, 4.69) is 0 Å². The minimum absolute atomic E-state index is 0.122. The third-order valence-electron chi connectivity index (χ3n) is 4.93. The first kappa shape index (κ1) is 17.7. The van der Waals surface area contributed by atoms with Crippen molar-refractivity contribution in [1.82, 2.24) is 4.40 Å². The van der Waals surface area contributed by atoms with Gasteiger partial charge in [-0.1, -0.05) is 6.07 Å². The summed E-state index contributed by atoms with van der Waals surface area (Å²) < 4.78 is 18.8. The third kappa shape index (κ3) is 2.98. The minimum atomic E-state index is -0.545. The lowest BCUT2D eigenvalue weighted by Crippen LogP contribution is -2.41. The highest BCUT2D eigenvalue weighted by molar-refractivity contribution is 6.62. The monoisotopic (exact) mass is 342 g/mol. The van der Waals surface area contributed by atoms with Crippen LogP contribution in [0.2, 0.25) is 0 Å². The van der Waals surface area contributed by atoms with Crippen LogP contribution in [-0.2, 0) is 14.0 Å². The van der Waals surface area contributed by atoms with Crippen molar-refractivity contribution in [3.63, 3.8) is 0 Å². The number of pyridine rings is 2. The van der Waals surface area contributed by atoms with E-state index in [-0.39, 0.29) is 17.0 Å². The zero-order valence-electron chi connectivity index (χ0n) is 15.3. The molecule has 1 saturated heterocycles. The number of fused-ring (bicyclic) bond motifs is 1. The molecule has 1 N–H and O–H groups in total. The molecule has 0 radical (unpaired) electrons. The highest BCUT2D eigenvalue weighted by atomic mass is 16.7. The van der Waals surface area contributed by atoms with Crippen molar-refractivity contribution in [3.8, 4) is 0 Å². The highest BCUT2D eigenvalue weighted by Gasteiger charge is 2.51. The maximum atomic E-state index is 12.7. The van der Waals surface area contributed by atoms with Gasteiger partial charge in [0.1, 0.15) is 5.56 Å². The molecule has 1 fully saturated rings. The van der Waals surface area contributed by atoms with Crippen molar-refractivity contribution in [2.24, 2.45) is 0 Å². The first-order valence-corrected chi connectivity index (χ1v) is 8.39. The van der Waals surface area contributed by atoms with E-state index in [1.807, 2.05) is 39.8 Å². The second-order valence-corrected chi connectivity index (χ2v) is 7.16. The zero-order valence-corrected chi connectivity index (χ0v) is 15.3. The van der Waals surface area contributed by atoms with Crippen molar-refractivity contribution < 1.29 is 14.0 Å². The normalized spacial score (nSPS) is 18.5. The molecule has 1 aliphatic heterocycles. The lowest BCUT2D eigenvalue weighted by atomic mass is 9.80. The van der Waals surface area contributed by atoms with Crippen molar-refractivity contribution in [3.05, 3.63) is 46.4 Å². The van der Waals surface area contributed by atoms with E-state index in [4.69, 9.17) is 19.5 Å². The van der Waals surface area contributed by atoms with Crippen molar-refractivity contribution in [2.75, 3.05) is 6.61 Å². The Morgan fingerprint density at radius 2 is 1.76 bits per heavy atom. The van der Waals surface area contributed by atoms with Gasteiger partial charge in [0.25, 0.3) is 5.56 Å². The summed E-state index contributed by atoms with van der Waals surface area (Å²) in [6.07, 6.45) is 1.71. The molecule has 0 saturated carbocycles. The van der Waals surface area contributed by atoms with Gasteiger partial charge in [-0.2, -0.15) is 0 Å². The molecular formula is C18H23BN2O4. The lowest BCUT2D eigenvalue weighted by molar-refractivity contribution is 0.00578. The van der Waals surface area contributed by atoms with Crippen LogP contribution in [0.5, 0.6) is 0 Å². The Morgan fingerprint density at radius 3 is 2.36 bits per heavy atom. The van der Waals surface area contributed by atoms with E-state index in [1.165, 1.54) is 4.40 Å². The third-order valence-corrected chi connectivity index (χ3v) is 4.93. The number of nitrogens with zero attached hydrogens (tertiary/aromatic N) is 1. The predicted molar refractivity (Wildman–Crippen MR) is 97.8 cm³/mol. The Labute approximate surface area is 147 Å². The summed E-state index contributed by atoms with van der Waals surface area (Å²) in [5.74, 6) is -0.122. The molecule has 6 nitrogen and oxygen atoms in total. The van der Waals surface area contributed by atoms with Gasteiger partial charge in [0.2, 0.25) is 5.90 Å². The number of ether oxygens (including phenoxy) is 1. The van der Waals surface area contributed by atoms with Gasteiger partial charge < -0.3 is 14.0 Å². The van der Waals surface area contributed by atoms with Gasteiger partial charge in [-0.3, -0.25) is 14.6 Å². The number of hydrogen-bond donors (Lipinski definition) is 1. The Kier molecular flexibility index (Phi) is 4.25. The van der Waals surface area contributed by atoms with Crippen molar-refractivity contribution >= 4 is 24.0 Å². The van der Waals surface area contributed by atoms with Crippen LogP contribution in [0.15, 0.2) is 35.3 Å². The summed E-state index contributed by atoms with van der Waals surface area (Å²) in [6, 6.07) is 7.14. The highest BCUT2D eigenvalue weighted by Crippen LogP contribution is 2.36. The van der Waals surface area contributed by atoms with Crippen LogP contribution in [0, 0.1) is 5.41 Å². The van der Waals surface area contributed by atoms with Gasteiger partial charge in [-0.15, -0.1) is 0 Å². The molecule has 0 atom stereocenters. The van der Waals surface area contributed by atoms with Gasteiger partial charge in [-0.05, 0) is 58.3 Å². The fourth-order valence-corrected chi connectivity index (χ4v) is 2.72. The molecular weight excluding hydrogens is 319 g/mol. The lowest BCUT2D eigenvalue weighted by Gasteiger charge is -2.32. The quantitative estimate of drug-likeness (QED) is 0.526. The Bertz CT molecular complexity index is 872. The number of rotatable bonds is 3. The molecule has 3 heterocycles. The average Bonchev–Trinajstić information content (AvgIpc) is 2.76. The molecule has 25 heavy (non-hydrogen) atoms. The first-order chi connectivity index (χ1) is 11.7. The summed E-state index contributed by atoms with van der Waals surface area (Å²) in [7, 11) is -0.545. The van der Waals surface area contributed by atoms with Gasteiger partial charge >= 0.3 is 7.12 Å². The predicted octanol–water partition coefficient (Wildman–Crippen LogP) is 1.96. The molecule has 1 aliphatic rings. The smallest absolute Gasteiger partial charge is 0.478 e. The molecule has 3 rings (SSSR count). The van der Waals surface area contributed by atoms with E-state index < -0.39 is 18.3 Å². The Balaban J connectivity index is 2.04. The molecule has 0 bridgehead atoms. The van der Waals surface area contributed by atoms with Crippen LogP contribution < -0.4 is 11.0 Å². The average molecular weight is 342 g/mol. The van der Waals surface area contributed by atoms with Crippen LogP contribution >= 0.6 is 0 Å². The topological polar surface area (TPSA) is 73.0 Å². The molecule has 0 aromatic carbocycles. The zero-order chi connectivity index (χ0) is 18.4. The Hall–Kier alpha value is -2.12. The standard InChI is InChI=1S/C18H23BN2O4/c1-6-23-15(20)14-10-9-13-8-7-12(11-21(13)16(14)22)19-24-17(2,3)18(4,5)25-19/h7-11,20H,6H2,1-5H3. The fourth-order valence-electron chi connectivity index (χ4n) is 2.72. The number of hydrogen-bond acceptors (Lipinski definition) is 5. The van der Waals surface area contributed by atoms with Gasteiger partial charge in [0, 0.05) is 11.7 Å². The molecule has 132 valence electrons. The summed E-state index contributed by atoms with van der Waals surface area (Å²) in [6.45, 7) is 10.1. The van der Waals surface area contributed by atoms with Gasteiger partial charge in [0.05, 0.1) is 17.8 Å². The van der Waals surface area contributed by atoms with Crippen molar-refractivity contribution in [1.29, 1.82) is 5.41 Å². The first-order valence-electron chi connectivity index (χ1n) is 8.39. The number of nitrogens with one attached hydrogen (secondary N) is 1. The summed E-state index contributed by atoms with van der Waals surface area (Å²) in [5.41, 5.74) is 0.527. The van der Waals surface area contributed by atoms with E-state index in [0.29, 0.717) is 6.61 Å². The van der Waals surface area contributed by atoms with E-state index in [1.54, 1.807) is 25.3 Å². The van der Waals surface area contributed by atoms with Crippen molar-refractivity contribution in [2.45, 2.75) is 45.8 Å². The van der Waals surface area contributed by atoms with Gasteiger partial charge in [0.15, 0.2) is 0 Å². The van der Waals surface area contributed by atoms with E-state index in [0.717, 1.165) is 11.0 Å². The molecule has 0 unspecified atom stereocenters. The Morgan fingerprint density at radius 1 is 1.16 bits per heavy atom. The maximum absolute atomic E-state index is 12.7. The minimum Gasteiger partial charge on any atom is -0.478 e. The SMILES string of the molecule is CCOC(=N)c1ccc2ccc(B3OC(C)(C)C(C)(C)O3)cn2c1=O. The summed E-state index contributed by atoms with van der Waals surface area (Å²) in [4.78, 5) is 12.7. The van der Waals surface area contributed by atoms with Gasteiger partial charge in [-0.25, -0.2) is 0 Å². The largest absolute Gasteiger partial charge is 0.496 e. The second kappa shape index (κ2) is 6.00. The molecule has 2 aromatic rings. The summed E-state index contributed by atoms with van der Waals surface area (Å²) in [5, 5.41) is 7.89. The second-order valence-electron chi connectivity index (χ2n) is 7.16. The molecule has 0 spiro atoms. The molecule has 7 heteroatoms. The van der Waals surface area contributed by atoms with E-state index in [9.17, 15) is 4.79 Å². The molecule has 0 amide bonds. The van der Waals surface area contributed by atoms with E-state index >= 15 is 0 Å². The van der Waals surface area contributed by atoms with Crippen LogP contribution in [0.3, 0.4) is 0 Å². The fraction of sp³-hybridized carbons (Fsp3) is 0.444. The summed E-state index contributed by atoms with van der Waals surface area (Å²) >= 11 is 0.